The molecule has 128 valence electrons. The van der Waals surface area contributed by atoms with Crippen molar-refractivity contribution in [2.24, 2.45) is 4.99 Å². The highest BCUT2D eigenvalue weighted by Gasteiger charge is 2.05. The Kier molecular flexibility index (Phi) is 6.54. The highest BCUT2D eigenvalue weighted by atomic mass is 19.1. The third-order valence-corrected chi connectivity index (χ3v) is 3.48. The zero-order chi connectivity index (χ0) is 17.4. The van der Waals surface area contributed by atoms with Gasteiger partial charge in [-0.1, -0.05) is 24.3 Å². The number of nitrogens with zero attached hydrogens (tertiary/aromatic N) is 1. The van der Waals surface area contributed by atoms with Crippen LogP contribution in [0.2, 0.25) is 0 Å². The van der Waals surface area contributed by atoms with Gasteiger partial charge in [0.25, 0.3) is 0 Å². The summed E-state index contributed by atoms with van der Waals surface area (Å²) in [6.45, 7) is 3.37. The van der Waals surface area contributed by atoms with Gasteiger partial charge < -0.3 is 15.4 Å². The van der Waals surface area contributed by atoms with Crippen LogP contribution in [0.1, 0.15) is 11.1 Å². The van der Waals surface area contributed by atoms with E-state index in [-0.39, 0.29) is 12.4 Å². The number of hydrogen-bond acceptors (Lipinski definition) is 2. The number of rotatable bonds is 6. The van der Waals surface area contributed by atoms with Gasteiger partial charge in [0.1, 0.15) is 12.4 Å². The average molecular weight is 333 g/mol. The molecule has 0 unspecified atom stereocenters. The van der Waals surface area contributed by atoms with E-state index in [1.54, 1.807) is 7.05 Å². The Morgan fingerprint density at radius 3 is 2.62 bits per heavy atom. The van der Waals surface area contributed by atoms with Gasteiger partial charge in [0.15, 0.2) is 17.5 Å². The molecule has 0 radical (unpaired) electrons. The fourth-order valence-electron chi connectivity index (χ4n) is 2.13. The fraction of sp³-hybridized carbons (Fsp3) is 0.278. The molecule has 2 aromatic carbocycles. The summed E-state index contributed by atoms with van der Waals surface area (Å²) in [5.74, 6) is -0.682. The molecular formula is C18H21F2N3O. The normalized spacial score (nSPS) is 11.2. The lowest BCUT2D eigenvalue weighted by Gasteiger charge is -2.13. The molecule has 24 heavy (non-hydrogen) atoms. The van der Waals surface area contributed by atoms with Crippen LogP contribution < -0.4 is 15.4 Å². The first-order valence-electron chi connectivity index (χ1n) is 7.67. The van der Waals surface area contributed by atoms with Crippen molar-refractivity contribution in [1.29, 1.82) is 0 Å². The second-order valence-corrected chi connectivity index (χ2v) is 5.20. The van der Waals surface area contributed by atoms with E-state index in [0.717, 1.165) is 12.1 Å². The highest BCUT2D eigenvalue weighted by molar-refractivity contribution is 5.79. The zero-order valence-corrected chi connectivity index (χ0v) is 13.8. The molecule has 0 spiro atoms. The topological polar surface area (TPSA) is 45.7 Å². The van der Waals surface area contributed by atoms with Gasteiger partial charge in [-0.25, -0.2) is 8.78 Å². The lowest BCUT2D eigenvalue weighted by Crippen LogP contribution is -2.39. The van der Waals surface area contributed by atoms with Gasteiger partial charge in [-0.2, -0.15) is 0 Å². The number of halogens is 2. The van der Waals surface area contributed by atoms with Gasteiger partial charge in [-0.05, 0) is 30.2 Å². The van der Waals surface area contributed by atoms with E-state index in [4.69, 9.17) is 4.74 Å². The first-order valence-corrected chi connectivity index (χ1v) is 7.67. The van der Waals surface area contributed by atoms with E-state index in [9.17, 15) is 8.78 Å². The van der Waals surface area contributed by atoms with Crippen LogP contribution in [-0.4, -0.2) is 26.2 Å². The van der Waals surface area contributed by atoms with Gasteiger partial charge in [-0.15, -0.1) is 0 Å². The van der Waals surface area contributed by atoms with Crippen molar-refractivity contribution in [3.8, 4) is 5.75 Å². The van der Waals surface area contributed by atoms with Gasteiger partial charge in [0.05, 0.1) is 6.54 Å². The second kappa shape index (κ2) is 8.86. The summed E-state index contributed by atoms with van der Waals surface area (Å²) in [5.41, 5.74) is 2.39. The predicted octanol–water partition coefficient (Wildman–Crippen LogP) is 3.02. The van der Waals surface area contributed by atoms with Crippen molar-refractivity contribution < 1.29 is 13.5 Å². The van der Waals surface area contributed by atoms with Crippen LogP contribution in [0.25, 0.3) is 0 Å². The maximum Gasteiger partial charge on any atom is 0.191 e. The Balaban J connectivity index is 1.75. The third kappa shape index (κ3) is 5.22. The summed E-state index contributed by atoms with van der Waals surface area (Å²) < 4.78 is 31.5. The van der Waals surface area contributed by atoms with Crippen molar-refractivity contribution in [3.05, 3.63) is 65.2 Å². The maximum atomic E-state index is 13.4. The van der Waals surface area contributed by atoms with Crippen LogP contribution in [-0.2, 0) is 6.54 Å². The van der Waals surface area contributed by atoms with E-state index < -0.39 is 11.6 Å². The molecule has 0 atom stereocenters. The number of benzene rings is 2. The molecule has 0 bridgehead atoms. The average Bonchev–Trinajstić information content (AvgIpc) is 2.57. The van der Waals surface area contributed by atoms with E-state index >= 15 is 0 Å². The Morgan fingerprint density at radius 1 is 1.12 bits per heavy atom. The smallest absolute Gasteiger partial charge is 0.191 e. The van der Waals surface area contributed by atoms with E-state index in [0.29, 0.717) is 19.0 Å². The van der Waals surface area contributed by atoms with Gasteiger partial charge in [0.2, 0.25) is 0 Å². The second-order valence-electron chi connectivity index (χ2n) is 5.20. The summed E-state index contributed by atoms with van der Waals surface area (Å²) in [6.07, 6.45) is 0. The molecule has 0 amide bonds. The SMILES string of the molecule is CN=C(NCCOc1ccc(F)cc1F)NCc1ccccc1C. The van der Waals surface area contributed by atoms with E-state index in [2.05, 4.69) is 34.7 Å². The summed E-state index contributed by atoms with van der Waals surface area (Å²) in [5, 5.41) is 6.28. The van der Waals surface area contributed by atoms with Crippen molar-refractivity contribution in [2.75, 3.05) is 20.2 Å². The summed E-state index contributed by atoms with van der Waals surface area (Å²) in [7, 11) is 1.67. The molecule has 2 aromatic rings. The molecule has 4 nitrogen and oxygen atoms in total. The van der Waals surface area contributed by atoms with Crippen LogP contribution in [0, 0.1) is 18.6 Å². The molecule has 0 aliphatic rings. The van der Waals surface area contributed by atoms with Crippen LogP contribution in [0.3, 0.4) is 0 Å². The Labute approximate surface area is 140 Å². The van der Waals surface area contributed by atoms with Crippen LogP contribution in [0.4, 0.5) is 8.78 Å². The largest absolute Gasteiger partial charge is 0.489 e. The Hall–Kier alpha value is -2.63. The number of aliphatic imine (C=N–C) groups is 1. The lowest BCUT2D eigenvalue weighted by molar-refractivity contribution is 0.304. The maximum absolute atomic E-state index is 13.4. The van der Waals surface area contributed by atoms with Crippen molar-refractivity contribution >= 4 is 5.96 Å². The fourth-order valence-corrected chi connectivity index (χ4v) is 2.13. The van der Waals surface area contributed by atoms with Gasteiger partial charge >= 0.3 is 0 Å². The Bertz CT molecular complexity index is 704. The molecule has 0 fully saturated rings. The van der Waals surface area contributed by atoms with Crippen LogP contribution >= 0.6 is 0 Å². The number of nitrogens with one attached hydrogen (secondary N) is 2. The first-order chi connectivity index (χ1) is 11.6. The van der Waals surface area contributed by atoms with Crippen LogP contribution in [0.5, 0.6) is 5.75 Å². The number of ether oxygens (including phenoxy) is 1. The Morgan fingerprint density at radius 2 is 1.92 bits per heavy atom. The van der Waals surface area contributed by atoms with E-state index in [1.165, 1.54) is 17.2 Å². The minimum absolute atomic E-state index is 0.0288. The predicted molar refractivity (Wildman–Crippen MR) is 91.2 cm³/mol. The van der Waals surface area contributed by atoms with Crippen molar-refractivity contribution in [1.82, 2.24) is 10.6 Å². The highest BCUT2D eigenvalue weighted by Crippen LogP contribution is 2.17. The summed E-state index contributed by atoms with van der Waals surface area (Å²) in [4.78, 5) is 4.12. The minimum Gasteiger partial charge on any atom is -0.489 e. The number of aryl methyl sites for hydroxylation is 1. The lowest BCUT2D eigenvalue weighted by atomic mass is 10.1. The quantitative estimate of drug-likeness (QED) is 0.485. The molecule has 0 aliphatic heterocycles. The molecule has 2 rings (SSSR count). The third-order valence-electron chi connectivity index (χ3n) is 3.48. The molecule has 0 heterocycles. The molecule has 0 saturated heterocycles. The molecule has 0 aromatic heterocycles. The molecule has 0 saturated carbocycles. The zero-order valence-electron chi connectivity index (χ0n) is 13.8. The number of guanidine groups is 1. The molecule has 6 heteroatoms. The van der Waals surface area contributed by atoms with Crippen molar-refractivity contribution in [2.45, 2.75) is 13.5 Å². The van der Waals surface area contributed by atoms with Gasteiger partial charge in [-0.3, -0.25) is 4.99 Å². The standard InChI is InChI=1S/C18H21F2N3O/c1-13-5-3-4-6-14(13)12-23-18(21-2)22-9-10-24-17-8-7-15(19)11-16(17)20/h3-8,11H,9-10,12H2,1-2H3,(H2,21,22,23). The number of hydrogen-bond donors (Lipinski definition) is 2. The first kappa shape index (κ1) is 17.7. The van der Waals surface area contributed by atoms with E-state index in [1.807, 2.05) is 12.1 Å². The molecule has 0 aliphatic carbocycles. The minimum atomic E-state index is -0.711. The summed E-state index contributed by atoms with van der Waals surface area (Å²) >= 11 is 0. The monoisotopic (exact) mass is 333 g/mol. The van der Waals surface area contributed by atoms with Gasteiger partial charge in [0, 0.05) is 19.7 Å². The summed E-state index contributed by atoms with van der Waals surface area (Å²) in [6, 6.07) is 11.3. The van der Waals surface area contributed by atoms with Crippen molar-refractivity contribution in [3.63, 3.8) is 0 Å². The van der Waals surface area contributed by atoms with Crippen LogP contribution in [0.15, 0.2) is 47.5 Å². The molecule has 2 N–H and O–H groups in total. The molecular weight excluding hydrogens is 312 g/mol.